The van der Waals surface area contributed by atoms with Gasteiger partial charge in [0.05, 0.1) is 36.1 Å². The Bertz CT molecular complexity index is 1140. The summed E-state index contributed by atoms with van der Waals surface area (Å²) in [6.07, 6.45) is 3.23. The van der Waals surface area contributed by atoms with E-state index in [1.165, 1.54) is 0 Å². The van der Waals surface area contributed by atoms with Crippen molar-refractivity contribution in [2.75, 3.05) is 6.16 Å². The van der Waals surface area contributed by atoms with Crippen LogP contribution in [-0.2, 0) is 23.1 Å². The summed E-state index contributed by atoms with van der Waals surface area (Å²) < 4.78 is 38.1. The van der Waals surface area contributed by atoms with Crippen LogP contribution in [-0.4, -0.2) is 51.3 Å². The first-order valence-corrected chi connectivity index (χ1v) is 14.3. The topological polar surface area (TPSA) is 95.6 Å². The molecule has 0 aromatic carbocycles. The molecule has 0 unspecified atom stereocenters. The highest BCUT2D eigenvalue weighted by molar-refractivity contribution is 7.53. The normalized spacial score (nSPS) is 32.1. The van der Waals surface area contributed by atoms with Crippen molar-refractivity contribution in [1.82, 2.24) is 15.0 Å². The third-order valence-electron chi connectivity index (χ3n) is 7.10. The van der Waals surface area contributed by atoms with Crippen molar-refractivity contribution in [2.45, 2.75) is 90.5 Å². The molecule has 1 N–H and O–H groups in total. The van der Waals surface area contributed by atoms with Crippen LogP contribution in [0, 0.1) is 11.3 Å². The fraction of sp³-hybridized carbons (Fsp3) is 0.739. The first-order valence-electron chi connectivity index (χ1n) is 11.9. The Balaban J connectivity index is 1.47. The number of nitrogens with zero attached hydrogens (tertiary/aromatic N) is 2. The largest absolute Gasteiger partial charge is 0.357 e. The molecule has 1 saturated heterocycles. The number of nitrogens with one attached hydrogen (secondary N) is 1. The van der Waals surface area contributed by atoms with Crippen LogP contribution in [0.3, 0.4) is 0 Å². The molecule has 0 amide bonds. The predicted octanol–water partition coefficient (Wildman–Crippen LogP) is 6.32. The maximum absolute atomic E-state index is 13.6. The van der Waals surface area contributed by atoms with Gasteiger partial charge in [0, 0.05) is 23.1 Å². The minimum atomic E-state index is -3.26. The molecule has 188 valence electrons. The van der Waals surface area contributed by atoms with Crippen molar-refractivity contribution >= 4 is 41.8 Å². The SMILES string of the molecule is CC(C)OP(=O)(CC[C@]12C[C@@H]1[C@@H](c1c[nH]c3c(Cl)nc(Cl)nc13)[C@@H]1OC(C)(C)O[C@@H]12)OC(C)C. The molecule has 3 fully saturated rings. The molecule has 0 radical (unpaired) electrons. The number of ether oxygens (including phenoxy) is 2. The van der Waals surface area contributed by atoms with E-state index in [0.29, 0.717) is 28.8 Å². The van der Waals surface area contributed by atoms with Crippen LogP contribution in [0.1, 0.15) is 65.9 Å². The Kier molecular flexibility index (Phi) is 6.17. The third-order valence-corrected chi connectivity index (χ3v) is 9.80. The number of H-pyrrole nitrogens is 1. The highest BCUT2D eigenvalue weighted by atomic mass is 35.5. The van der Waals surface area contributed by atoms with Crippen molar-refractivity contribution in [1.29, 1.82) is 0 Å². The number of fused-ring (bicyclic) bond motifs is 4. The van der Waals surface area contributed by atoms with E-state index in [2.05, 4.69) is 15.0 Å². The second-order valence-corrected chi connectivity index (χ2v) is 13.5. The maximum atomic E-state index is 13.6. The van der Waals surface area contributed by atoms with Gasteiger partial charge in [0.15, 0.2) is 10.9 Å². The summed E-state index contributed by atoms with van der Waals surface area (Å²) in [5, 5.41) is 0.399. The smallest absolute Gasteiger partial charge is 0.331 e. The van der Waals surface area contributed by atoms with E-state index in [-0.39, 0.29) is 47.0 Å². The van der Waals surface area contributed by atoms with Gasteiger partial charge in [-0.2, -0.15) is 0 Å². The molecule has 2 aromatic rings. The van der Waals surface area contributed by atoms with Gasteiger partial charge < -0.3 is 23.5 Å². The zero-order chi connectivity index (χ0) is 24.6. The quantitative estimate of drug-likeness (QED) is 0.241. The monoisotopic (exact) mass is 531 g/mol. The van der Waals surface area contributed by atoms with Crippen molar-refractivity contribution in [3.8, 4) is 0 Å². The molecule has 34 heavy (non-hydrogen) atoms. The summed E-state index contributed by atoms with van der Waals surface area (Å²) in [6.45, 7) is 11.4. The average molecular weight is 532 g/mol. The number of aromatic amines is 1. The number of rotatable bonds is 8. The standard InChI is InChI=1S/C23H32Cl2N3O5P/c1-11(2)32-34(29,33-12(3)4)8-7-23-9-14(23)15(18-19(23)31-22(5,6)30-18)13-10-26-17-16(13)27-21(25)28-20(17)24/h10-12,14-15,18-19,26H,7-9H2,1-6H3/t14-,15-,18+,19+,23+/m1/s1. The molecule has 2 aliphatic carbocycles. The van der Waals surface area contributed by atoms with Crippen LogP contribution in [0.15, 0.2) is 6.20 Å². The fourth-order valence-corrected chi connectivity index (χ4v) is 8.72. The number of hydrogen-bond donors (Lipinski definition) is 1. The Labute approximate surface area is 209 Å². The zero-order valence-corrected chi connectivity index (χ0v) is 22.7. The van der Waals surface area contributed by atoms with Crippen molar-refractivity contribution in [3.63, 3.8) is 0 Å². The highest BCUT2D eigenvalue weighted by Crippen LogP contribution is 2.75. The van der Waals surface area contributed by atoms with Gasteiger partial charge in [0.1, 0.15) is 5.52 Å². The molecule has 3 heterocycles. The van der Waals surface area contributed by atoms with Gasteiger partial charge in [-0.3, -0.25) is 4.57 Å². The lowest BCUT2D eigenvalue weighted by atomic mass is 9.92. The van der Waals surface area contributed by atoms with Gasteiger partial charge >= 0.3 is 7.60 Å². The summed E-state index contributed by atoms with van der Waals surface area (Å²) in [7, 11) is -3.26. The Morgan fingerprint density at radius 3 is 2.50 bits per heavy atom. The lowest BCUT2D eigenvalue weighted by Gasteiger charge is -2.27. The summed E-state index contributed by atoms with van der Waals surface area (Å²) in [4.78, 5) is 11.7. The van der Waals surface area contributed by atoms with Gasteiger partial charge in [0.2, 0.25) is 5.28 Å². The maximum Gasteiger partial charge on any atom is 0.331 e. The summed E-state index contributed by atoms with van der Waals surface area (Å²) in [5.74, 6) is -0.382. The van der Waals surface area contributed by atoms with Crippen molar-refractivity contribution in [3.05, 3.63) is 22.2 Å². The summed E-state index contributed by atoms with van der Waals surface area (Å²) in [5.41, 5.74) is 2.21. The molecule has 0 bridgehead atoms. The van der Waals surface area contributed by atoms with E-state index in [0.717, 1.165) is 12.0 Å². The van der Waals surface area contributed by atoms with Gasteiger partial charge in [-0.15, -0.1) is 0 Å². The second kappa shape index (κ2) is 8.41. The van der Waals surface area contributed by atoms with Crippen LogP contribution >= 0.6 is 30.8 Å². The van der Waals surface area contributed by atoms with Gasteiger partial charge in [-0.25, -0.2) is 9.97 Å². The molecule has 2 saturated carbocycles. The molecule has 5 atom stereocenters. The minimum Gasteiger partial charge on any atom is -0.357 e. The second-order valence-electron chi connectivity index (χ2n) is 10.7. The van der Waals surface area contributed by atoms with Crippen molar-refractivity contribution < 1.29 is 23.1 Å². The van der Waals surface area contributed by atoms with Gasteiger partial charge in [0.25, 0.3) is 0 Å². The van der Waals surface area contributed by atoms with Gasteiger partial charge in [-0.05, 0) is 71.9 Å². The van der Waals surface area contributed by atoms with Crippen molar-refractivity contribution in [2.24, 2.45) is 11.3 Å². The molecule has 5 rings (SSSR count). The van der Waals surface area contributed by atoms with E-state index in [9.17, 15) is 4.57 Å². The molecule has 0 spiro atoms. The lowest BCUT2D eigenvalue weighted by Crippen LogP contribution is -2.31. The van der Waals surface area contributed by atoms with Crippen LogP contribution in [0.5, 0.6) is 0 Å². The fourth-order valence-electron chi connectivity index (χ4n) is 6.05. The van der Waals surface area contributed by atoms with Crippen LogP contribution in [0.2, 0.25) is 10.4 Å². The van der Waals surface area contributed by atoms with E-state index in [1.807, 2.05) is 47.7 Å². The average Bonchev–Trinajstić information content (AvgIpc) is 2.95. The molecule has 3 aliphatic rings. The Morgan fingerprint density at radius 2 is 1.85 bits per heavy atom. The molecule has 11 heteroatoms. The number of aromatic nitrogens is 3. The molecule has 1 aliphatic heterocycles. The molecule has 2 aromatic heterocycles. The molecular formula is C23H32Cl2N3O5P. The van der Waals surface area contributed by atoms with E-state index < -0.39 is 13.4 Å². The third kappa shape index (κ3) is 4.23. The minimum absolute atomic E-state index is 0.0407. The first kappa shape index (κ1) is 24.9. The Morgan fingerprint density at radius 1 is 1.18 bits per heavy atom. The van der Waals surface area contributed by atoms with Crippen LogP contribution in [0.25, 0.3) is 11.0 Å². The number of hydrogen-bond acceptors (Lipinski definition) is 7. The van der Waals surface area contributed by atoms with E-state index in [1.54, 1.807) is 0 Å². The van der Waals surface area contributed by atoms with Crippen LogP contribution in [0.4, 0.5) is 0 Å². The van der Waals surface area contributed by atoms with E-state index >= 15 is 0 Å². The number of halogens is 2. The summed E-state index contributed by atoms with van der Waals surface area (Å²) in [6, 6.07) is 0. The van der Waals surface area contributed by atoms with E-state index in [4.69, 9.17) is 41.7 Å². The van der Waals surface area contributed by atoms with Gasteiger partial charge in [-0.1, -0.05) is 11.6 Å². The molecule has 8 nitrogen and oxygen atoms in total. The first-order chi connectivity index (χ1) is 15.8. The molecular weight excluding hydrogens is 500 g/mol. The zero-order valence-electron chi connectivity index (χ0n) is 20.3. The van der Waals surface area contributed by atoms with Crippen LogP contribution < -0.4 is 0 Å². The predicted molar refractivity (Wildman–Crippen MR) is 131 cm³/mol. The highest BCUT2D eigenvalue weighted by Gasteiger charge is 2.75. The Hall–Kier alpha value is -0.730. The lowest BCUT2D eigenvalue weighted by molar-refractivity contribution is -0.159. The summed E-state index contributed by atoms with van der Waals surface area (Å²) >= 11 is 12.5.